The fraction of sp³-hybridized carbons (Fsp3) is 0.129. The van der Waals surface area contributed by atoms with Crippen LogP contribution in [-0.4, -0.2) is 5.91 Å². The van der Waals surface area contributed by atoms with Crippen molar-refractivity contribution < 1.29 is 31.1 Å². The van der Waals surface area contributed by atoms with Gasteiger partial charge in [0.2, 0.25) is 0 Å². The Hall–Kier alpha value is -4.11. The number of fused-ring (bicyclic) bond motifs is 1. The summed E-state index contributed by atoms with van der Waals surface area (Å²) in [6, 6.07) is 24.4. The molecule has 40 heavy (non-hydrogen) atoms. The standard InChI is InChI=1S/C31H21F6NOS/c32-30(33,34)23-12-6-10-21(16-23)29(18-20-8-2-1-3-9-20,22-11-7-13-24(17-22)31(35,36)37)38-28(39)26-19-40-27-15-5-4-14-25(26)27/h1-17,19H,18H2,(H,38,39). The number of hydrogen-bond donors (Lipinski definition) is 1. The summed E-state index contributed by atoms with van der Waals surface area (Å²) >= 11 is 1.32. The molecule has 0 atom stereocenters. The van der Waals surface area contributed by atoms with E-state index in [-0.39, 0.29) is 23.1 Å². The monoisotopic (exact) mass is 569 g/mol. The van der Waals surface area contributed by atoms with E-state index in [1.807, 2.05) is 12.1 Å². The van der Waals surface area contributed by atoms with Gasteiger partial charge in [0.1, 0.15) is 0 Å². The van der Waals surface area contributed by atoms with Crippen molar-refractivity contribution in [3.63, 3.8) is 0 Å². The van der Waals surface area contributed by atoms with E-state index in [0.29, 0.717) is 10.9 Å². The molecule has 0 aliphatic heterocycles. The molecule has 0 saturated carbocycles. The number of rotatable bonds is 6. The lowest BCUT2D eigenvalue weighted by Gasteiger charge is -2.37. The van der Waals surface area contributed by atoms with Gasteiger partial charge in [-0.25, -0.2) is 0 Å². The average Bonchev–Trinajstić information content (AvgIpc) is 3.37. The van der Waals surface area contributed by atoms with E-state index < -0.39 is 34.9 Å². The van der Waals surface area contributed by atoms with Crippen molar-refractivity contribution in [3.8, 4) is 0 Å². The number of carbonyl (C=O) groups is 1. The second-order valence-electron chi connectivity index (χ2n) is 9.32. The molecule has 9 heteroatoms. The lowest BCUT2D eigenvalue weighted by molar-refractivity contribution is -0.138. The summed E-state index contributed by atoms with van der Waals surface area (Å²) in [5.74, 6) is -0.622. The first-order valence-electron chi connectivity index (χ1n) is 12.2. The molecule has 204 valence electrons. The van der Waals surface area contributed by atoms with E-state index in [9.17, 15) is 31.1 Å². The summed E-state index contributed by atoms with van der Waals surface area (Å²) < 4.78 is 83.8. The zero-order valence-corrected chi connectivity index (χ0v) is 21.5. The van der Waals surface area contributed by atoms with Gasteiger partial charge in [0.15, 0.2) is 0 Å². The first-order valence-corrected chi connectivity index (χ1v) is 13.0. The first kappa shape index (κ1) is 27.5. The minimum absolute atomic E-state index is 0.00149. The molecule has 1 amide bonds. The van der Waals surface area contributed by atoms with E-state index in [2.05, 4.69) is 5.32 Å². The van der Waals surface area contributed by atoms with E-state index >= 15 is 0 Å². The number of benzene rings is 4. The minimum Gasteiger partial charge on any atom is -0.338 e. The predicted molar refractivity (Wildman–Crippen MR) is 143 cm³/mol. The van der Waals surface area contributed by atoms with Crippen molar-refractivity contribution in [1.29, 1.82) is 0 Å². The highest BCUT2D eigenvalue weighted by molar-refractivity contribution is 7.17. The van der Waals surface area contributed by atoms with E-state index in [1.165, 1.54) is 35.6 Å². The van der Waals surface area contributed by atoms with E-state index in [1.54, 1.807) is 47.8 Å². The second-order valence-corrected chi connectivity index (χ2v) is 10.2. The normalized spacial score (nSPS) is 12.4. The fourth-order valence-electron chi connectivity index (χ4n) is 4.80. The summed E-state index contributed by atoms with van der Waals surface area (Å²) in [5, 5.41) is 5.16. The maximum absolute atomic E-state index is 13.9. The average molecular weight is 570 g/mol. The van der Waals surface area contributed by atoms with Crippen LogP contribution in [-0.2, 0) is 24.3 Å². The van der Waals surface area contributed by atoms with Crippen LogP contribution in [0, 0.1) is 0 Å². The van der Waals surface area contributed by atoms with Crippen LogP contribution in [0.4, 0.5) is 26.3 Å². The Bertz CT molecular complexity index is 1600. The zero-order chi connectivity index (χ0) is 28.5. The molecule has 0 fully saturated rings. The van der Waals surface area contributed by atoms with Gasteiger partial charge < -0.3 is 5.32 Å². The highest BCUT2D eigenvalue weighted by Crippen LogP contribution is 2.40. The third kappa shape index (κ3) is 5.47. The molecule has 0 bridgehead atoms. The zero-order valence-electron chi connectivity index (χ0n) is 20.7. The molecule has 5 aromatic rings. The SMILES string of the molecule is O=C(NC(Cc1ccccc1)(c1cccc(C(F)(F)F)c1)c1cccc(C(F)(F)F)c1)c1csc2ccccc12. The Kier molecular flexibility index (Phi) is 7.18. The molecule has 4 aromatic carbocycles. The molecule has 0 aliphatic rings. The van der Waals surface area contributed by atoms with Gasteiger partial charge in [-0.2, -0.15) is 26.3 Å². The summed E-state index contributed by atoms with van der Waals surface area (Å²) in [6.07, 6.45) is -9.53. The number of nitrogens with one attached hydrogen (secondary N) is 1. The lowest BCUT2D eigenvalue weighted by atomic mass is 9.76. The first-order chi connectivity index (χ1) is 19.0. The third-order valence-electron chi connectivity index (χ3n) is 6.73. The molecular formula is C31H21F6NOS. The van der Waals surface area contributed by atoms with Crippen molar-refractivity contribution in [3.05, 3.63) is 142 Å². The van der Waals surface area contributed by atoms with Gasteiger partial charge >= 0.3 is 12.4 Å². The van der Waals surface area contributed by atoms with Crippen molar-refractivity contribution in [1.82, 2.24) is 5.32 Å². The molecule has 1 heterocycles. The quantitative estimate of drug-likeness (QED) is 0.203. The number of hydrogen-bond acceptors (Lipinski definition) is 2. The number of alkyl halides is 6. The van der Waals surface area contributed by atoms with Gasteiger partial charge in [-0.15, -0.1) is 11.3 Å². The van der Waals surface area contributed by atoms with Crippen LogP contribution in [0.1, 0.15) is 38.2 Å². The summed E-state index contributed by atoms with van der Waals surface area (Å²) in [4.78, 5) is 13.9. The largest absolute Gasteiger partial charge is 0.416 e. The summed E-state index contributed by atoms with van der Waals surface area (Å²) in [5.41, 5.74) is -2.87. The van der Waals surface area contributed by atoms with Crippen molar-refractivity contribution in [2.24, 2.45) is 0 Å². The Morgan fingerprint density at radius 2 is 1.18 bits per heavy atom. The molecule has 5 rings (SSSR count). The Balaban J connectivity index is 1.77. The Morgan fingerprint density at radius 1 is 0.650 bits per heavy atom. The maximum Gasteiger partial charge on any atom is 0.416 e. The van der Waals surface area contributed by atoms with Crippen LogP contribution in [0.25, 0.3) is 10.1 Å². The van der Waals surface area contributed by atoms with Gasteiger partial charge in [0.25, 0.3) is 5.91 Å². The van der Waals surface area contributed by atoms with Crippen molar-refractivity contribution in [2.75, 3.05) is 0 Å². The number of thiophene rings is 1. The van der Waals surface area contributed by atoms with Crippen LogP contribution in [0.5, 0.6) is 0 Å². The highest BCUT2D eigenvalue weighted by Gasteiger charge is 2.41. The second kappa shape index (κ2) is 10.5. The number of carbonyl (C=O) groups excluding carboxylic acids is 1. The van der Waals surface area contributed by atoms with Crippen LogP contribution in [0.15, 0.2) is 109 Å². The van der Waals surface area contributed by atoms with Crippen molar-refractivity contribution >= 4 is 27.3 Å². The van der Waals surface area contributed by atoms with E-state index in [4.69, 9.17) is 0 Å². The minimum atomic E-state index is -4.71. The van der Waals surface area contributed by atoms with Crippen molar-refractivity contribution in [2.45, 2.75) is 24.3 Å². The molecule has 0 spiro atoms. The molecule has 0 unspecified atom stereocenters. The molecule has 1 N–H and O–H groups in total. The van der Waals surface area contributed by atoms with E-state index in [0.717, 1.165) is 29.0 Å². The van der Waals surface area contributed by atoms with Crippen LogP contribution >= 0.6 is 11.3 Å². The topological polar surface area (TPSA) is 29.1 Å². The predicted octanol–water partition coefficient (Wildman–Crippen LogP) is 8.86. The molecule has 0 saturated heterocycles. The lowest BCUT2D eigenvalue weighted by Crippen LogP contribution is -2.48. The summed E-state index contributed by atoms with van der Waals surface area (Å²) in [7, 11) is 0. The van der Waals surface area contributed by atoms with Crippen LogP contribution in [0.2, 0.25) is 0 Å². The highest BCUT2D eigenvalue weighted by atomic mass is 32.1. The van der Waals surface area contributed by atoms with Crippen LogP contribution < -0.4 is 5.32 Å². The smallest absolute Gasteiger partial charge is 0.338 e. The fourth-order valence-corrected chi connectivity index (χ4v) is 5.74. The molecular weight excluding hydrogens is 548 g/mol. The summed E-state index contributed by atoms with van der Waals surface area (Å²) in [6.45, 7) is 0. The van der Waals surface area contributed by atoms with Gasteiger partial charge in [-0.1, -0.05) is 72.8 Å². The molecule has 0 radical (unpaired) electrons. The number of halogens is 6. The van der Waals surface area contributed by atoms with Gasteiger partial charge in [-0.3, -0.25) is 4.79 Å². The van der Waals surface area contributed by atoms with Gasteiger partial charge in [0.05, 0.1) is 22.2 Å². The number of amides is 1. The third-order valence-corrected chi connectivity index (χ3v) is 7.69. The molecule has 2 nitrogen and oxygen atoms in total. The Labute approximate surface area is 229 Å². The maximum atomic E-state index is 13.9. The van der Waals surface area contributed by atoms with Crippen LogP contribution in [0.3, 0.4) is 0 Å². The van der Waals surface area contributed by atoms with Gasteiger partial charge in [-0.05, 0) is 47.0 Å². The molecule has 0 aliphatic carbocycles. The Morgan fingerprint density at radius 3 is 1.75 bits per heavy atom. The van der Waals surface area contributed by atoms with Gasteiger partial charge in [0, 0.05) is 21.9 Å². The molecule has 1 aromatic heterocycles.